The zero-order valence-electron chi connectivity index (χ0n) is 21.0. The fourth-order valence-electron chi connectivity index (χ4n) is 3.89. The molecule has 3 aromatic rings. The van der Waals surface area contributed by atoms with E-state index < -0.39 is 17.9 Å². The fourth-order valence-corrected chi connectivity index (χ4v) is 3.89. The van der Waals surface area contributed by atoms with E-state index in [9.17, 15) is 14.4 Å². The summed E-state index contributed by atoms with van der Waals surface area (Å²) in [4.78, 5) is 40.9. The Kier molecular flexibility index (Phi) is 11.4. The smallest absolute Gasteiger partial charge is 0.334 e. The molecule has 3 aromatic carbocycles. The van der Waals surface area contributed by atoms with Crippen molar-refractivity contribution in [3.05, 3.63) is 107 Å². The molecule has 0 aliphatic rings. The van der Waals surface area contributed by atoms with Crippen LogP contribution in [-0.2, 0) is 44.9 Å². The van der Waals surface area contributed by atoms with Gasteiger partial charge in [0.2, 0.25) is 5.91 Å². The molecule has 1 unspecified atom stereocenters. The molecule has 0 bridgehead atoms. The topological polar surface area (TPSA) is 111 Å². The molecule has 1 atom stereocenters. The molecule has 0 heterocycles. The summed E-state index contributed by atoms with van der Waals surface area (Å²) in [6.45, 7) is 0.0723. The number of hydrogen-bond donors (Lipinski definition) is 3. The van der Waals surface area contributed by atoms with Crippen LogP contribution in [0.5, 0.6) is 0 Å². The van der Waals surface area contributed by atoms with Gasteiger partial charge in [0.05, 0.1) is 18.9 Å². The van der Waals surface area contributed by atoms with E-state index in [1.165, 1.54) is 11.1 Å². The van der Waals surface area contributed by atoms with Crippen LogP contribution < -0.4 is 16.5 Å². The Balaban J connectivity index is 1.26. The number of carbonyl (C=O) groups excluding carboxylic acids is 3. The van der Waals surface area contributed by atoms with Crippen molar-refractivity contribution in [2.75, 3.05) is 6.54 Å². The highest BCUT2D eigenvalue weighted by Gasteiger charge is 2.15. The Hall–Kier alpha value is -3.97. The third-order valence-corrected chi connectivity index (χ3v) is 5.95. The number of hydrogen-bond acceptors (Lipinski definition) is 5. The van der Waals surface area contributed by atoms with Crippen LogP contribution in [0.1, 0.15) is 41.5 Å². The molecule has 194 valence electrons. The summed E-state index contributed by atoms with van der Waals surface area (Å²) in [5, 5.41) is 2.62. The van der Waals surface area contributed by atoms with Gasteiger partial charge >= 0.3 is 5.97 Å². The first kappa shape index (κ1) is 27.6. The molecule has 0 fully saturated rings. The molecule has 0 aromatic heterocycles. The van der Waals surface area contributed by atoms with Crippen LogP contribution in [0.3, 0.4) is 0 Å². The maximum absolute atomic E-state index is 12.1. The van der Waals surface area contributed by atoms with Crippen molar-refractivity contribution in [2.24, 2.45) is 5.73 Å². The monoisotopic (exact) mass is 501 g/mol. The number of amides is 2. The van der Waals surface area contributed by atoms with Gasteiger partial charge in [0, 0.05) is 6.54 Å². The van der Waals surface area contributed by atoms with Gasteiger partial charge in [0.1, 0.15) is 0 Å². The molecular weight excluding hydrogens is 466 g/mol. The molecule has 7 heteroatoms. The highest BCUT2D eigenvalue weighted by Crippen LogP contribution is 2.11. The minimum absolute atomic E-state index is 0.0723. The maximum atomic E-state index is 12.1. The molecule has 0 aliphatic carbocycles. The van der Waals surface area contributed by atoms with E-state index in [-0.39, 0.29) is 25.3 Å². The molecule has 37 heavy (non-hydrogen) atoms. The average Bonchev–Trinajstić information content (AvgIpc) is 2.92. The van der Waals surface area contributed by atoms with Gasteiger partial charge in [-0.15, -0.1) is 0 Å². The summed E-state index contributed by atoms with van der Waals surface area (Å²) >= 11 is 0. The first-order valence-electron chi connectivity index (χ1n) is 12.7. The van der Waals surface area contributed by atoms with Crippen LogP contribution in [0.2, 0.25) is 0 Å². The molecule has 0 aliphatic heterocycles. The van der Waals surface area contributed by atoms with Gasteiger partial charge in [-0.2, -0.15) is 5.48 Å². The van der Waals surface area contributed by atoms with Gasteiger partial charge in [-0.1, -0.05) is 84.9 Å². The Bertz CT molecular complexity index is 1120. The highest BCUT2D eigenvalue weighted by atomic mass is 16.7. The lowest BCUT2D eigenvalue weighted by Crippen LogP contribution is -2.43. The van der Waals surface area contributed by atoms with E-state index in [0.29, 0.717) is 6.42 Å². The number of carbonyl (C=O) groups is 3. The van der Waals surface area contributed by atoms with Crippen LogP contribution in [0, 0.1) is 0 Å². The standard InChI is InChI=1S/C30H35N3O4/c31-27(21-25-13-5-2-6-14-25)30(36)32-20-19-29(35)37-33-28(34)22-26-17-15-24(16-18-26)12-8-7-11-23-9-3-1-4-10-23/h1-6,9-10,13-18,27H,7-8,11-12,19-22,31H2,(H,32,36)(H,33,34). The van der Waals surface area contributed by atoms with E-state index in [2.05, 4.69) is 35.1 Å². The van der Waals surface area contributed by atoms with Gasteiger partial charge < -0.3 is 15.9 Å². The number of nitrogens with one attached hydrogen (secondary N) is 2. The van der Waals surface area contributed by atoms with Crippen molar-refractivity contribution in [3.8, 4) is 0 Å². The lowest BCUT2D eigenvalue weighted by Gasteiger charge is -2.12. The van der Waals surface area contributed by atoms with Crippen molar-refractivity contribution in [3.63, 3.8) is 0 Å². The molecule has 2 amide bonds. The Morgan fingerprint density at radius 1 is 0.730 bits per heavy atom. The van der Waals surface area contributed by atoms with Crippen molar-refractivity contribution in [1.29, 1.82) is 0 Å². The number of hydroxylamine groups is 1. The third kappa shape index (κ3) is 10.7. The van der Waals surface area contributed by atoms with Gasteiger partial charge in [-0.3, -0.25) is 9.59 Å². The Morgan fingerprint density at radius 3 is 1.89 bits per heavy atom. The minimum atomic E-state index is -0.709. The SMILES string of the molecule is NC(Cc1ccccc1)C(=O)NCCC(=O)ONC(=O)Cc1ccc(CCCCc2ccccc2)cc1. The summed E-state index contributed by atoms with van der Waals surface area (Å²) < 4.78 is 0. The number of rotatable bonds is 13. The van der Waals surface area contributed by atoms with E-state index in [1.54, 1.807) is 0 Å². The summed E-state index contributed by atoms with van der Waals surface area (Å²) in [6, 6.07) is 27.1. The number of benzene rings is 3. The van der Waals surface area contributed by atoms with Gasteiger partial charge in [0.25, 0.3) is 5.91 Å². The van der Waals surface area contributed by atoms with Crippen molar-refractivity contribution < 1.29 is 19.2 Å². The molecule has 7 nitrogen and oxygen atoms in total. The third-order valence-electron chi connectivity index (χ3n) is 5.95. The quantitative estimate of drug-likeness (QED) is 0.245. The number of aryl methyl sites for hydroxylation is 2. The zero-order valence-corrected chi connectivity index (χ0v) is 21.0. The predicted molar refractivity (Wildman–Crippen MR) is 143 cm³/mol. The Labute approximate surface area is 218 Å². The van der Waals surface area contributed by atoms with E-state index in [4.69, 9.17) is 10.6 Å². The van der Waals surface area contributed by atoms with Crippen LogP contribution in [0.4, 0.5) is 0 Å². The predicted octanol–water partition coefficient (Wildman–Crippen LogP) is 3.45. The van der Waals surface area contributed by atoms with Crippen LogP contribution in [0.25, 0.3) is 0 Å². The normalized spacial score (nSPS) is 11.4. The fraction of sp³-hybridized carbons (Fsp3) is 0.300. The second-order valence-corrected chi connectivity index (χ2v) is 9.02. The molecular formula is C30H35N3O4. The first-order chi connectivity index (χ1) is 18.0. The lowest BCUT2D eigenvalue weighted by molar-refractivity contribution is -0.158. The number of unbranched alkanes of at least 4 members (excludes halogenated alkanes) is 1. The van der Waals surface area contributed by atoms with Crippen LogP contribution >= 0.6 is 0 Å². The summed E-state index contributed by atoms with van der Waals surface area (Å²) in [6.07, 6.45) is 4.72. The molecule has 0 saturated heterocycles. The summed E-state index contributed by atoms with van der Waals surface area (Å²) in [5.41, 5.74) is 12.5. The lowest BCUT2D eigenvalue weighted by atomic mass is 10.0. The van der Waals surface area contributed by atoms with Crippen LogP contribution in [-0.4, -0.2) is 30.4 Å². The van der Waals surface area contributed by atoms with E-state index in [0.717, 1.165) is 36.8 Å². The van der Waals surface area contributed by atoms with Gasteiger partial charge in [-0.05, 0) is 54.4 Å². The second-order valence-electron chi connectivity index (χ2n) is 9.02. The van der Waals surface area contributed by atoms with Crippen LogP contribution in [0.15, 0.2) is 84.9 Å². The van der Waals surface area contributed by atoms with Crippen molar-refractivity contribution >= 4 is 17.8 Å². The van der Waals surface area contributed by atoms with Gasteiger partial charge in [-0.25, -0.2) is 4.79 Å². The van der Waals surface area contributed by atoms with Gasteiger partial charge in [0.15, 0.2) is 0 Å². The largest absolute Gasteiger partial charge is 0.354 e. The average molecular weight is 502 g/mol. The van der Waals surface area contributed by atoms with Crippen molar-refractivity contribution in [1.82, 2.24) is 10.8 Å². The number of nitrogens with two attached hydrogens (primary N) is 1. The summed E-state index contributed by atoms with van der Waals surface area (Å²) in [7, 11) is 0. The van der Waals surface area contributed by atoms with E-state index >= 15 is 0 Å². The molecule has 0 spiro atoms. The first-order valence-corrected chi connectivity index (χ1v) is 12.7. The molecule has 4 N–H and O–H groups in total. The second kappa shape index (κ2) is 15.2. The minimum Gasteiger partial charge on any atom is -0.354 e. The maximum Gasteiger partial charge on any atom is 0.334 e. The molecule has 0 radical (unpaired) electrons. The van der Waals surface area contributed by atoms with Crippen molar-refractivity contribution in [2.45, 2.75) is 51.0 Å². The molecule has 3 rings (SSSR count). The highest BCUT2D eigenvalue weighted by molar-refractivity contribution is 5.82. The molecule has 0 saturated carbocycles. The Morgan fingerprint density at radius 2 is 1.27 bits per heavy atom. The summed E-state index contributed by atoms with van der Waals surface area (Å²) in [5.74, 6) is -1.41. The zero-order chi connectivity index (χ0) is 26.3. The van der Waals surface area contributed by atoms with E-state index in [1.807, 2.05) is 60.7 Å².